The molecule has 2 fully saturated rings. The molecule has 1 atom stereocenters. The van der Waals surface area contributed by atoms with Crippen LogP contribution in [0.15, 0.2) is 0 Å². The third-order valence-corrected chi connectivity index (χ3v) is 5.61. The molecule has 0 aromatic heterocycles. The predicted octanol–water partition coefficient (Wildman–Crippen LogP) is 3.77. The van der Waals surface area contributed by atoms with Gasteiger partial charge in [0.1, 0.15) is 0 Å². The van der Waals surface area contributed by atoms with Gasteiger partial charge in [0, 0.05) is 25.9 Å². The number of nitrogens with one attached hydrogen (secondary N) is 1. The zero-order valence-corrected chi connectivity index (χ0v) is 14.5. The quantitative estimate of drug-likeness (QED) is 0.809. The topological polar surface area (TPSA) is 30.5 Å². The van der Waals surface area contributed by atoms with Crippen molar-refractivity contribution in [3.63, 3.8) is 0 Å². The van der Waals surface area contributed by atoms with Crippen molar-refractivity contribution in [1.29, 1.82) is 0 Å². The van der Waals surface area contributed by atoms with Crippen molar-refractivity contribution in [2.75, 3.05) is 26.4 Å². The summed E-state index contributed by atoms with van der Waals surface area (Å²) >= 11 is 0. The first kappa shape index (κ1) is 17.2. The van der Waals surface area contributed by atoms with Gasteiger partial charge < -0.3 is 14.8 Å². The summed E-state index contributed by atoms with van der Waals surface area (Å²) in [5.41, 5.74) is 0.523. The fourth-order valence-electron chi connectivity index (χ4n) is 4.23. The van der Waals surface area contributed by atoms with Crippen molar-refractivity contribution in [2.45, 2.75) is 77.9 Å². The fourth-order valence-corrected chi connectivity index (χ4v) is 4.23. The summed E-state index contributed by atoms with van der Waals surface area (Å²) in [7, 11) is 0. The molecule has 1 aliphatic heterocycles. The van der Waals surface area contributed by atoms with Crippen LogP contribution in [0.4, 0.5) is 0 Å². The molecule has 1 saturated heterocycles. The SMILES string of the molecule is CCNC(C1CCOCC1)C1(OCC)CCC(C)(C)CC1. The zero-order valence-electron chi connectivity index (χ0n) is 14.5. The molecular weight excluding hydrogens is 262 g/mol. The van der Waals surface area contributed by atoms with Crippen LogP contribution in [0.25, 0.3) is 0 Å². The monoisotopic (exact) mass is 297 g/mol. The second-order valence-corrected chi connectivity index (χ2v) is 7.65. The number of hydrogen-bond donors (Lipinski definition) is 1. The van der Waals surface area contributed by atoms with Gasteiger partial charge in [0.2, 0.25) is 0 Å². The van der Waals surface area contributed by atoms with Crippen LogP contribution in [0.5, 0.6) is 0 Å². The Kier molecular flexibility index (Phi) is 6.10. The highest BCUT2D eigenvalue weighted by Crippen LogP contribution is 2.46. The van der Waals surface area contributed by atoms with E-state index in [4.69, 9.17) is 9.47 Å². The van der Waals surface area contributed by atoms with E-state index in [9.17, 15) is 0 Å². The maximum Gasteiger partial charge on any atom is 0.0837 e. The molecular formula is C18H35NO2. The summed E-state index contributed by atoms with van der Waals surface area (Å²) in [5, 5.41) is 3.79. The van der Waals surface area contributed by atoms with Gasteiger partial charge in [-0.05, 0) is 63.3 Å². The summed E-state index contributed by atoms with van der Waals surface area (Å²) in [5.74, 6) is 0.700. The molecule has 1 unspecified atom stereocenters. The molecule has 2 rings (SSSR count). The van der Waals surface area contributed by atoms with Gasteiger partial charge in [0.15, 0.2) is 0 Å². The minimum atomic E-state index is 0.0439. The van der Waals surface area contributed by atoms with E-state index >= 15 is 0 Å². The summed E-state index contributed by atoms with van der Waals surface area (Å²) in [4.78, 5) is 0. The van der Waals surface area contributed by atoms with Crippen molar-refractivity contribution < 1.29 is 9.47 Å². The highest BCUT2D eigenvalue weighted by molar-refractivity contribution is 5.01. The van der Waals surface area contributed by atoms with Gasteiger partial charge in [-0.3, -0.25) is 0 Å². The normalized spacial score (nSPS) is 27.4. The van der Waals surface area contributed by atoms with Crippen LogP contribution in [0.1, 0.15) is 66.2 Å². The van der Waals surface area contributed by atoms with Crippen molar-refractivity contribution in [1.82, 2.24) is 5.32 Å². The number of hydrogen-bond acceptors (Lipinski definition) is 3. The van der Waals surface area contributed by atoms with Crippen LogP contribution in [0, 0.1) is 11.3 Å². The van der Waals surface area contributed by atoms with Gasteiger partial charge in [-0.25, -0.2) is 0 Å². The summed E-state index contributed by atoms with van der Waals surface area (Å²) < 4.78 is 12.0. The zero-order chi connectivity index (χ0) is 15.3. The molecule has 0 aromatic carbocycles. The number of ether oxygens (including phenoxy) is 2. The lowest BCUT2D eigenvalue weighted by atomic mass is 9.65. The minimum absolute atomic E-state index is 0.0439. The van der Waals surface area contributed by atoms with E-state index in [-0.39, 0.29) is 5.60 Å². The summed E-state index contributed by atoms with van der Waals surface area (Å²) in [6, 6.07) is 0.488. The Morgan fingerprint density at radius 3 is 2.24 bits per heavy atom. The second-order valence-electron chi connectivity index (χ2n) is 7.65. The summed E-state index contributed by atoms with van der Waals surface area (Å²) in [6.45, 7) is 12.9. The van der Waals surface area contributed by atoms with E-state index in [0.717, 1.165) is 26.4 Å². The van der Waals surface area contributed by atoms with Crippen molar-refractivity contribution in [3.8, 4) is 0 Å². The first-order valence-electron chi connectivity index (χ1n) is 8.98. The number of rotatable bonds is 6. The third-order valence-electron chi connectivity index (χ3n) is 5.61. The van der Waals surface area contributed by atoms with E-state index in [1.54, 1.807) is 0 Å². The Hall–Kier alpha value is -0.120. The lowest BCUT2D eigenvalue weighted by Crippen LogP contribution is -2.59. The van der Waals surface area contributed by atoms with Crippen molar-refractivity contribution in [3.05, 3.63) is 0 Å². The Balaban J connectivity index is 2.15. The highest BCUT2D eigenvalue weighted by Gasteiger charge is 2.47. The summed E-state index contributed by atoms with van der Waals surface area (Å²) in [6.07, 6.45) is 7.30. The van der Waals surface area contributed by atoms with Crippen LogP contribution in [-0.4, -0.2) is 38.0 Å². The Morgan fingerprint density at radius 2 is 1.71 bits per heavy atom. The molecule has 124 valence electrons. The third kappa shape index (κ3) is 4.20. The molecule has 1 N–H and O–H groups in total. The predicted molar refractivity (Wildman–Crippen MR) is 87.6 cm³/mol. The first-order chi connectivity index (χ1) is 10.0. The minimum Gasteiger partial charge on any atom is -0.381 e. The molecule has 3 nitrogen and oxygen atoms in total. The smallest absolute Gasteiger partial charge is 0.0837 e. The van der Waals surface area contributed by atoms with E-state index in [1.807, 2.05) is 0 Å². The van der Waals surface area contributed by atoms with Gasteiger partial charge in [-0.2, -0.15) is 0 Å². The fraction of sp³-hybridized carbons (Fsp3) is 1.00. The van der Waals surface area contributed by atoms with Gasteiger partial charge in [-0.1, -0.05) is 20.8 Å². The maximum atomic E-state index is 6.43. The molecule has 1 heterocycles. The van der Waals surface area contributed by atoms with Crippen LogP contribution >= 0.6 is 0 Å². The molecule has 0 radical (unpaired) electrons. The van der Waals surface area contributed by atoms with Crippen LogP contribution < -0.4 is 5.32 Å². The van der Waals surface area contributed by atoms with Crippen LogP contribution in [0.3, 0.4) is 0 Å². The Bertz CT molecular complexity index is 300. The van der Waals surface area contributed by atoms with E-state index in [0.29, 0.717) is 17.4 Å². The van der Waals surface area contributed by atoms with Gasteiger partial charge in [0.05, 0.1) is 5.60 Å². The van der Waals surface area contributed by atoms with Crippen LogP contribution in [0.2, 0.25) is 0 Å². The average Bonchev–Trinajstić information content (AvgIpc) is 2.49. The van der Waals surface area contributed by atoms with Gasteiger partial charge >= 0.3 is 0 Å². The first-order valence-corrected chi connectivity index (χ1v) is 8.98. The molecule has 1 aliphatic carbocycles. The lowest BCUT2D eigenvalue weighted by Gasteiger charge is -2.50. The van der Waals surface area contributed by atoms with Gasteiger partial charge in [-0.15, -0.1) is 0 Å². The Morgan fingerprint density at radius 1 is 1.10 bits per heavy atom. The van der Waals surface area contributed by atoms with Crippen LogP contribution in [-0.2, 0) is 9.47 Å². The molecule has 21 heavy (non-hydrogen) atoms. The molecule has 0 spiro atoms. The molecule has 0 amide bonds. The lowest BCUT2D eigenvalue weighted by molar-refractivity contribution is -0.125. The average molecular weight is 297 g/mol. The van der Waals surface area contributed by atoms with E-state index < -0.39 is 0 Å². The van der Waals surface area contributed by atoms with E-state index in [1.165, 1.54) is 38.5 Å². The van der Waals surface area contributed by atoms with Crippen molar-refractivity contribution >= 4 is 0 Å². The second kappa shape index (κ2) is 7.43. The molecule has 1 saturated carbocycles. The van der Waals surface area contributed by atoms with E-state index in [2.05, 4.69) is 33.0 Å². The number of likely N-dealkylation sites (N-methyl/N-ethyl adjacent to an activating group) is 1. The largest absolute Gasteiger partial charge is 0.381 e. The van der Waals surface area contributed by atoms with Crippen molar-refractivity contribution in [2.24, 2.45) is 11.3 Å². The molecule has 2 aliphatic rings. The molecule has 0 bridgehead atoms. The standard InChI is InChI=1S/C18H35NO2/c1-5-19-16(15-7-13-20-14-8-15)18(21-6-2)11-9-17(3,4)10-12-18/h15-16,19H,5-14H2,1-4H3. The van der Waals surface area contributed by atoms with Gasteiger partial charge in [0.25, 0.3) is 0 Å². The Labute approximate surface area is 131 Å². The highest BCUT2D eigenvalue weighted by atomic mass is 16.5. The maximum absolute atomic E-state index is 6.43. The molecule has 0 aromatic rings. The molecule has 3 heteroatoms.